The van der Waals surface area contributed by atoms with Gasteiger partial charge < -0.3 is 11.1 Å². The average Bonchev–Trinajstić information content (AvgIpc) is 3.01. The normalized spacial score (nSPS) is 10.6. The smallest absolute Gasteiger partial charge is 0.164 e. The van der Waals surface area contributed by atoms with Crippen molar-refractivity contribution in [1.29, 1.82) is 5.26 Å². The Kier molecular flexibility index (Phi) is 5.88. The average molecular weight is 395 g/mol. The molecule has 0 atom stereocenters. The number of hydrogen-bond acceptors (Lipinski definition) is 5. The van der Waals surface area contributed by atoms with Gasteiger partial charge in [-0.1, -0.05) is 6.07 Å². The number of aryl methyl sites for hydroxylation is 1. The maximum absolute atomic E-state index is 13.9. The van der Waals surface area contributed by atoms with Crippen LogP contribution < -0.4 is 11.1 Å². The van der Waals surface area contributed by atoms with E-state index < -0.39 is 5.82 Å². The first kappa shape index (κ1) is 20.0. The summed E-state index contributed by atoms with van der Waals surface area (Å²) >= 11 is 0. The Labute approximate surface area is 166 Å². The molecule has 0 aliphatic rings. The summed E-state index contributed by atoms with van der Waals surface area (Å²) in [7, 11) is 0. The molecular formula is C21H19F2N5O. The van der Waals surface area contributed by atoms with Crippen LogP contribution in [-0.4, -0.2) is 22.1 Å². The summed E-state index contributed by atoms with van der Waals surface area (Å²) in [6, 6.07) is 12.1. The highest BCUT2D eigenvalue weighted by atomic mass is 19.1. The molecule has 0 amide bonds. The second kappa shape index (κ2) is 8.52. The molecule has 1 aromatic heterocycles. The minimum Gasteiger partial charge on any atom is -0.384 e. The lowest BCUT2D eigenvalue weighted by Gasteiger charge is -2.10. The second-order valence-electron chi connectivity index (χ2n) is 6.46. The molecule has 3 N–H and O–H groups in total. The van der Waals surface area contributed by atoms with Gasteiger partial charge in [0.25, 0.3) is 0 Å². The number of nitrogens with one attached hydrogen (secondary N) is 1. The fourth-order valence-corrected chi connectivity index (χ4v) is 3.06. The van der Waals surface area contributed by atoms with Crippen LogP contribution in [0.25, 0.3) is 5.69 Å². The summed E-state index contributed by atoms with van der Waals surface area (Å²) in [5.74, 6) is -1.12. The van der Waals surface area contributed by atoms with Gasteiger partial charge >= 0.3 is 0 Å². The van der Waals surface area contributed by atoms with Gasteiger partial charge in [0.15, 0.2) is 5.78 Å². The van der Waals surface area contributed by atoms with Gasteiger partial charge in [-0.15, -0.1) is 0 Å². The van der Waals surface area contributed by atoms with Crippen LogP contribution in [0.15, 0.2) is 42.5 Å². The number of nitrogens with zero attached hydrogens (tertiary/aromatic N) is 3. The van der Waals surface area contributed by atoms with E-state index in [1.165, 1.54) is 48.0 Å². The molecule has 29 heavy (non-hydrogen) atoms. The van der Waals surface area contributed by atoms with Crippen LogP contribution in [0.2, 0.25) is 0 Å². The molecule has 0 aliphatic carbocycles. The number of ketones is 1. The third kappa shape index (κ3) is 4.24. The first-order chi connectivity index (χ1) is 13.9. The largest absolute Gasteiger partial charge is 0.384 e. The Bertz CT molecular complexity index is 1080. The van der Waals surface area contributed by atoms with Gasteiger partial charge in [-0.25, -0.2) is 13.5 Å². The highest BCUT2D eigenvalue weighted by Gasteiger charge is 2.17. The molecule has 0 bridgehead atoms. The Balaban J connectivity index is 1.71. The van der Waals surface area contributed by atoms with E-state index in [9.17, 15) is 18.8 Å². The molecule has 6 nitrogen and oxygen atoms in total. The topological polar surface area (TPSA) is 96.7 Å². The maximum Gasteiger partial charge on any atom is 0.164 e. The monoisotopic (exact) mass is 395 g/mol. The van der Waals surface area contributed by atoms with Crippen LogP contribution in [0.1, 0.15) is 35.0 Å². The number of halogens is 2. The summed E-state index contributed by atoms with van der Waals surface area (Å²) < 4.78 is 28.4. The van der Waals surface area contributed by atoms with Gasteiger partial charge in [-0.05, 0) is 56.2 Å². The predicted octanol–water partition coefficient (Wildman–Crippen LogP) is 3.85. The predicted molar refractivity (Wildman–Crippen MR) is 106 cm³/mol. The summed E-state index contributed by atoms with van der Waals surface area (Å²) in [5, 5.41) is 16.9. The summed E-state index contributed by atoms with van der Waals surface area (Å²) in [6.07, 6.45) is 1.02. The Morgan fingerprint density at radius 2 is 1.97 bits per heavy atom. The van der Waals surface area contributed by atoms with Crippen LogP contribution in [0, 0.1) is 23.0 Å². The Hall–Kier alpha value is -3.73. The fourth-order valence-electron chi connectivity index (χ4n) is 3.06. The molecule has 0 saturated carbocycles. The summed E-state index contributed by atoms with van der Waals surface area (Å²) in [4.78, 5) is 11.7. The highest BCUT2D eigenvalue weighted by molar-refractivity contribution is 5.99. The van der Waals surface area contributed by atoms with Crippen molar-refractivity contribution >= 4 is 17.3 Å². The lowest BCUT2D eigenvalue weighted by molar-refractivity contribution is 0.101. The minimum atomic E-state index is -0.569. The van der Waals surface area contributed by atoms with Gasteiger partial charge in [0.1, 0.15) is 29.1 Å². The van der Waals surface area contributed by atoms with Crippen LogP contribution in [-0.2, 0) is 6.42 Å². The molecule has 0 fully saturated rings. The van der Waals surface area contributed by atoms with Crippen molar-refractivity contribution in [2.45, 2.75) is 19.8 Å². The number of rotatable bonds is 7. The Morgan fingerprint density at radius 3 is 2.62 bits per heavy atom. The van der Waals surface area contributed by atoms with Crippen LogP contribution in [0.5, 0.6) is 0 Å². The number of carbonyl (C=O) groups excluding carboxylic acids is 1. The number of carbonyl (C=O) groups is 1. The fraction of sp³-hybridized carbons (Fsp3) is 0.190. The molecule has 0 saturated heterocycles. The van der Waals surface area contributed by atoms with E-state index in [1.54, 1.807) is 6.07 Å². The van der Waals surface area contributed by atoms with Crippen molar-refractivity contribution in [3.8, 4) is 11.8 Å². The molecule has 8 heteroatoms. The first-order valence-electron chi connectivity index (χ1n) is 8.99. The van der Waals surface area contributed by atoms with Crippen LogP contribution in [0.4, 0.5) is 20.3 Å². The molecule has 0 radical (unpaired) electrons. The van der Waals surface area contributed by atoms with E-state index in [0.717, 1.165) is 0 Å². The lowest BCUT2D eigenvalue weighted by atomic mass is 10.1. The van der Waals surface area contributed by atoms with Crippen molar-refractivity contribution in [3.05, 3.63) is 70.9 Å². The molecule has 148 valence electrons. The van der Waals surface area contributed by atoms with E-state index in [1.807, 2.05) is 0 Å². The van der Waals surface area contributed by atoms with E-state index in [2.05, 4.69) is 16.5 Å². The third-order valence-corrected chi connectivity index (χ3v) is 4.45. The first-order valence-corrected chi connectivity index (χ1v) is 8.99. The molecule has 3 rings (SSSR count). The molecule has 0 unspecified atom stereocenters. The van der Waals surface area contributed by atoms with Crippen molar-refractivity contribution in [2.75, 3.05) is 17.6 Å². The Morgan fingerprint density at radius 1 is 1.24 bits per heavy atom. The van der Waals surface area contributed by atoms with E-state index >= 15 is 0 Å². The number of anilines is 2. The van der Waals surface area contributed by atoms with E-state index in [-0.39, 0.29) is 28.5 Å². The van der Waals surface area contributed by atoms with Gasteiger partial charge in [-0.2, -0.15) is 10.4 Å². The SMILES string of the molecule is CC(=O)c1c(F)cccc1NCCCc1nn(-c2ccc(F)cc2)c(N)c1C#N. The van der Waals surface area contributed by atoms with E-state index in [0.29, 0.717) is 36.5 Å². The van der Waals surface area contributed by atoms with Crippen molar-refractivity contribution in [1.82, 2.24) is 9.78 Å². The number of nitrogen functional groups attached to an aromatic ring is 1. The van der Waals surface area contributed by atoms with Gasteiger partial charge in [0, 0.05) is 12.2 Å². The number of nitriles is 1. The van der Waals surface area contributed by atoms with Crippen molar-refractivity contribution in [3.63, 3.8) is 0 Å². The number of nitrogens with two attached hydrogens (primary N) is 1. The molecule has 0 aliphatic heterocycles. The van der Waals surface area contributed by atoms with Crippen molar-refractivity contribution < 1.29 is 13.6 Å². The van der Waals surface area contributed by atoms with Gasteiger partial charge in [0.05, 0.1) is 16.9 Å². The number of benzene rings is 2. The number of aromatic nitrogens is 2. The van der Waals surface area contributed by atoms with Gasteiger partial charge in [-0.3, -0.25) is 4.79 Å². The summed E-state index contributed by atoms with van der Waals surface area (Å²) in [5.41, 5.74) is 7.82. The molecular weight excluding hydrogens is 376 g/mol. The second-order valence-corrected chi connectivity index (χ2v) is 6.46. The van der Waals surface area contributed by atoms with Gasteiger partial charge in [0.2, 0.25) is 0 Å². The zero-order chi connectivity index (χ0) is 21.0. The molecule has 1 heterocycles. The number of Topliss-reactive ketones (excluding diaryl/α,β-unsaturated/α-hetero) is 1. The number of hydrogen-bond donors (Lipinski definition) is 2. The standard InChI is InChI=1S/C21H19F2N5O/c1-13(29)20-17(23)4-2-5-19(20)26-11-3-6-18-16(12-24)21(25)28(27-18)15-9-7-14(22)8-10-15/h2,4-5,7-10,26H,3,6,11,25H2,1H3. The maximum atomic E-state index is 13.9. The zero-order valence-corrected chi connectivity index (χ0v) is 15.7. The van der Waals surface area contributed by atoms with Crippen molar-refractivity contribution in [2.24, 2.45) is 0 Å². The van der Waals surface area contributed by atoms with E-state index in [4.69, 9.17) is 5.73 Å². The highest BCUT2D eigenvalue weighted by Crippen LogP contribution is 2.23. The minimum absolute atomic E-state index is 0.0232. The third-order valence-electron chi connectivity index (χ3n) is 4.45. The van der Waals surface area contributed by atoms with Crippen LogP contribution >= 0.6 is 0 Å². The lowest BCUT2D eigenvalue weighted by Crippen LogP contribution is -2.09. The zero-order valence-electron chi connectivity index (χ0n) is 15.7. The summed E-state index contributed by atoms with van der Waals surface area (Å²) in [6.45, 7) is 1.76. The van der Waals surface area contributed by atoms with Crippen LogP contribution in [0.3, 0.4) is 0 Å². The molecule has 0 spiro atoms. The quantitative estimate of drug-likeness (QED) is 0.468. The molecule has 3 aromatic rings. The molecule has 2 aromatic carbocycles.